The van der Waals surface area contributed by atoms with E-state index in [1.54, 1.807) is 24.3 Å². The Morgan fingerprint density at radius 2 is 1.96 bits per heavy atom. The summed E-state index contributed by atoms with van der Waals surface area (Å²) in [4.78, 5) is 10.9. The van der Waals surface area contributed by atoms with E-state index in [1.807, 2.05) is 12.1 Å². The standard InChI is InChI=1S/C19H16FNO2/c20-13-8-9-17-16(10-13)14-2-1-3-15(14)18(21-17)11-4-6-12(7-5-11)19(22)23/h1-2,4-10,14-15,18,21H,3H2,(H,22,23)/p-1. The number of hydrogen-bond donors (Lipinski definition) is 1. The molecule has 23 heavy (non-hydrogen) atoms. The summed E-state index contributed by atoms with van der Waals surface area (Å²) in [6.45, 7) is 0. The maximum absolute atomic E-state index is 13.6. The molecule has 0 saturated carbocycles. The second-order valence-electron chi connectivity index (χ2n) is 6.12. The van der Waals surface area contributed by atoms with Crippen molar-refractivity contribution < 1.29 is 14.3 Å². The lowest BCUT2D eigenvalue weighted by Crippen LogP contribution is -2.29. The van der Waals surface area contributed by atoms with Crippen molar-refractivity contribution in [3.05, 3.63) is 77.1 Å². The Labute approximate surface area is 133 Å². The molecule has 2 aromatic rings. The van der Waals surface area contributed by atoms with Crippen LogP contribution in [-0.4, -0.2) is 5.97 Å². The molecule has 1 N–H and O–H groups in total. The molecule has 1 aliphatic carbocycles. The minimum atomic E-state index is -1.17. The number of nitrogens with one attached hydrogen (secondary N) is 1. The van der Waals surface area contributed by atoms with Gasteiger partial charge in [-0.2, -0.15) is 0 Å². The van der Waals surface area contributed by atoms with Gasteiger partial charge in [0.1, 0.15) is 5.82 Å². The maximum Gasteiger partial charge on any atom is 0.123 e. The van der Waals surface area contributed by atoms with E-state index in [0.29, 0.717) is 5.92 Å². The van der Waals surface area contributed by atoms with Crippen molar-refractivity contribution in [1.82, 2.24) is 0 Å². The normalized spacial score (nSPS) is 24.7. The molecule has 3 nitrogen and oxygen atoms in total. The molecule has 0 radical (unpaired) electrons. The molecule has 116 valence electrons. The van der Waals surface area contributed by atoms with Gasteiger partial charge in [0.25, 0.3) is 0 Å². The van der Waals surface area contributed by atoms with Crippen molar-refractivity contribution in [3.63, 3.8) is 0 Å². The highest BCUT2D eigenvalue weighted by atomic mass is 19.1. The quantitative estimate of drug-likeness (QED) is 0.868. The van der Waals surface area contributed by atoms with Gasteiger partial charge in [-0.15, -0.1) is 0 Å². The second kappa shape index (κ2) is 5.23. The Morgan fingerprint density at radius 1 is 1.17 bits per heavy atom. The lowest BCUT2D eigenvalue weighted by molar-refractivity contribution is -0.255. The molecule has 0 fully saturated rings. The van der Waals surface area contributed by atoms with Gasteiger partial charge in [-0.1, -0.05) is 36.4 Å². The number of carboxylic acid groups (broad SMARTS) is 1. The van der Waals surface area contributed by atoms with E-state index in [2.05, 4.69) is 17.5 Å². The molecule has 1 heterocycles. The molecule has 4 heteroatoms. The number of hydrogen-bond acceptors (Lipinski definition) is 3. The maximum atomic E-state index is 13.6. The van der Waals surface area contributed by atoms with Crippen molar-refractivity contribution in [2.75, 3.05) is 5.32 Å². The van der Waals surface area contributed by atoms with Crippen LogP contribution in [0, 0.1) is 11.7 Å². The first-order chi connectivity index (χ1) is 11.1. The highest BCUT2D eigenvalue weighted by Crippen LogP contribution is 2.49. The molecule has 2 aliphatic rings. The third-order valence-electron chi connectivity index (χ3n) is 4.83. The summed E-state index contributed by atoms with van der Waals surface area (Å²) < 4.78 is 13.6. The SMILES string of the molecule is O=C([O-])c1ccc(C2Nc3ccc(F)cc3C3C=CCC32)cc1. The van der Waals surface area contributed by atoms with Crippen molar-refractivity contribution >= 4 is 11.7 Å². The van der Waals surface area contributed by atoms with Crippen LogP contribution in [0.1, 0.15) is 39.9 Å². The minimum absolute atomic E-state index is 0.0729. The summed E-state index contributed by atoms with van der Waals surface area (Å²) in [6, 6.07) is 11.7. The summed E-state index contributed by atoms with van der Waals surface area (Å²) in [5, 5.41) is 14.4. The van der Waals surface area contributed by atoms with Crippen LogP contribution in [0.5, 0.6) is 0 Å². The van der Waals surface area contributed by atoms with Crippen LogP contribution in [0.2, 0.25) is 0 Å². The fourth-order valence-electron chi connectivity index (χ4n) is 3.72. The average Bonchev–Trinajstić information content (AvgIpc) is 3.04. The smallest absolute Gasteiger partial charge is 0.123 e. The number of carboxylic acids is 1. The van der Waals surface area contributed by atoms with E-state index in [9.17, 15) is 14.3 Å². The van der Waals surface area contributed by atoms with E-state index in [-0.39, 0.29) is 23.3 Å². The zero-order valence-corrected chi connectivity index (χ0v) is 12.3. The summed E-state index contributed by atoms with van der Waals surface area (Å²) in [7, 11) is 0. The number of carbonyl (C=O) groups excluding carboxylic acids is 1. The fraction of sp³-hybridized carbons (Fsp3) is 0.211. The molecule has 4 rings (SSSR count). The van der Waals surface area contributed by atoms with Gasteiger partial charge in [-0.25, -0.2) is 4.39 Å². The molecule has 3 unspecified atom stereocenters. The second-order valence-corrected chi connectivity index (χ2v) is 6.12. The zero-order chi connectivity index (χ0) is 16.0. The number of rotatable bonds is 2. The number of fused-ring (bicyclic) bond motifs is 3. The highest BCUT2D eigenvalue weighted by molar-refractivity contribution is 5.85. The number of halogens is 1. The number of allylic oxidation sites excluding steroid dienone is 2. The van der Waals surface area contributed by atoms with Crippen LogP contribution >= 0.6 is 0 Å². The molecule has 0 amide bonds. The van der Waals surface area contributed by atoms with E-state index in [0.717, 1.165) is 23.2 Å². The van der Waals surface area contributed by atoms with Crippen LogP contribution in [0.15, 0.2) is 54.6 Å². The van der Waals surface area contributed by atoms with E-state index in [4.69, 9.17) is 0 Å². The van der Waals surface area contributed by atoms with Gasteiger partial charge in [-0.05, 0) is 47.2 Å². The van der Waals surface area contributed by atoms with E-state index >= 15 is 0 Å². The number of aromatic carboxylic acids is 1. The largest absolute Gasteiger partial charge is 0.545 e. The monoisotopic (exact) mass is 308 g/mol. The predicted octanol–water partition coefficient (Wildman–Crippen LogP) is 3.02. The summed E-state index contributed by atoms with van der Waals surface area (Å²) in [5.41, 5.74) is 3.14. The van der Waals surface area contributed by atoms with E-state index < -0.39 is 5.97 Å². The molecule has 0 spiro atoms. The van der Waals surface area contributed by atoms with Gasteiger partial charge >= 0.3 is 0 Å². The van der Waals surface area contributed by atoms with Crippen molar-refractivity contribution in [2.45, 2.75) is 18.4 Å². The van der Waals surface area contributed by atoms with Crippen molar-refractivity contribution in [3.8, 4) is 0 Å². The van der Waals surface area contributed by atoms with Crippen LogP contribution in [-0.2, 0) is 0 Å². The predicted molar refractivity (Wildman–Crippen MR) is 83.5 cm³/mol. The van der Waals surface area contributed by atoms with Gasteiger partial charge in [-0.3, -0.25) is 0 Å². The Morgan fingerprint density at radius 3 is 2.70 bits per heavy atom. The summed E-state index contributed by atoms with van der Waals surface area (Å²) in [5.74, 6) is -0.901. The van der Waals surface area contributed by atoms with Crippen LogP contribution in [0.25, 0.3) is 0 Å². The Kier molecular flexibility index (Phi) is 3.18. The number of benzene rings is 2. The van der Waals surface area contributed by atoms with Gasteiger partial charge in [0.2, 0.25) is 0 Å². The molecule has 3 atom stereocenters. The topological polar surface area (TPSA) is 52.2 Å². The van der Waals surface area contributed by atoms with Crippen LogP contribution in [0.4, 0.5) is 10.1 Å². The minimum Gasteiger partial charge on any atom is -0.545 e. The first kappa shape index (κ1) is 14.0. The third-order valence-corrected chi connectivity index (χ3v) is 4.83. The lowest BCUT2D eigenvalue weighted by atomic mass is 9.77. The molecule has 0 saturated heterocycles. The summed E-state index contributed by atoms with van der Waals surface area (Å²) in [6.07, 6.45) is 5.20. The van der Waals surface area contributed by atoms with Gasteiger partial charge in [0, 0.05) is 11.6 Å². The zero-order valence-electron chi connectivity index (χ0n) is 12.3. The molecule has 1 aliphatic heterocycles. The third kappa shape index (κ3) is 2.31. The van der Waals surface area contributed by atoms with Gasteiger partial charge in [0.05, 0.1) is 12.0 Å². The molecular formula is C19H15FNO2-. The van der Waals surface area contributed by atoms with Crippen LogP contribution < -0.4 is 10.4 Å². The fourth-order valence-corrected chi connectivity index (χ4v) is 3.72. The Hall–Kier alpha value is -2.62. The lowest BCUT2D eigenvalue weighted by Gasteiger charge is -2.37. The van der Waals surface area contributed by atoms with Gasteiger partial charge in [0.15, 0.2) is 0 Å². The molecule has 0 bridgehead atoms. The van der Waals surface area contributed by atoms with Crippen molar-refractivity contribution in [1.29, 1.82) is 0 Å². The van der Waals surface area contributed by atoms with Crippen molar-refractivity contribution in [2.24, 2.45) is 5.92 Å². The highest BCUT2D eigenvalue weighted by Gasteiger charge is 2.37. The molecule has 0 aromatic heterocycles. The Balaban J connectivity index is 1.73. The molecular weight excluding hydrogens is 293 g/mol. The molecule has 2 aromatic carbocycles. The van der Waals surface area contributed by atoms with E-state index in [1.165, 1.54) is 6.07 Å². The van der Waals surface area contributed by atoms with Crippen LogP contribution in [0.3, 0.4) is 0 Å². The first-order valence-electron chi connectivity index (χ1n) is 7.67. The number of anilines is 1. The first-order valence-corrected chi connectivity index (χ1v) is 7.67. The summed E-state index contributed by atoms with van der Waals surface area (Å²) >= 11 is 0. The number of carbonyl (C=O) groups is 1. The van der Waals surface area contributed by atoms with Gasteiger partial charge < -0.3 is 15.2 Å². The average molecular weight is 308 g/mol. The Bertz CT molecular complexity index is 798.